The van der Waals surface area contributed by atoms with Crippen molar-refractivity contribution in [1.82, 2.24) is 0 Å². The molecule has 3 atom stereocenters. The normalized spacial score (nSPS) is 32.6. The molecule has 2 rings (SSSR count). The van der Waals surface area contributed by atoms with Crippen molar-refractivity contribution in [2.75, 3.05) is 17.6 Å². The maximum Gasteiger partial charge on any atom is 0.163 e. The molecule has 2 aliphatic heterocycles. The molecular formula is C15H23IO4. The van der Waals surface area contributed by atoms with Crippen LogP contribution in [0.4, 0.5) is 0 Å². The number of rotatable bonds is 4. The van der Waals surface area contributed by atoms with Crippen LogP contribution >= 0.6 is 22.6 Å². The van der Waals surface area contributed by atoms with Gasteiger partial charge in [0.2, 0.25) is 0 Å². The lowest BCUT2D eigenvalue weighted by Gasteiger charge is -2.21. The molecule has 0 aromatic carbocycles. The van der Waals surface area contributed by atoms with Gasteiger partial charge in [-0.25, -0.2) is 0 Å². The minimum atomic E-state index is -0.491. The van der Waals surface area contributed by atoms with Gasteiger partial charge in [-0.3, -0.25) is 0 Å². The predicted molar refractivity (Wildman–Crippen MR) is 84.6 cm³/mol. The van der Waals surface area contributed by atoms with Crippen LogP contribution in [-0.4, -0.2) is 41.9 Å². The Morgan fingerprint density at radius 2 is 2.00 bits per heavy atom. The van der Waals surface area contributed by atoms with Crippen molar-refractivity contribution in [3.8, 4) is 11.8 Å². The Kier molecular flexibility index (Phi) is 6.56. The first-order valence-electron chi connectivity index (χ1n) is 7.21. The summed E-state index contributed by atoms with van der Waals surface area (Å²) >= 11 is 2.32. The molecule has 0 saturated carbocycles. The van der Waals surface area contributed by atoms with E-state index in [9.17, 15) is 0 Å². The molecule has 4 nitrogen and oxygen atoms in total. The van der Waals surface area contributed by atoms with Gasteiger partial charge in [0.15, 0.2) is 12.1 Å². The van der Waals surface area contributed by atoms with E-state index in [0.29, 0.717) is 13.0 Å². The Hall–Kier alpha value is 0.130. The summed E-state index contributed by atoms with van der Waals surface area (Å²) < 4.78 is 23.6. The SMILES string of the molecule is CC1(C)O[C@H](CI)[C@@H](CC#CCOC2CCCCO2)O1. The minimum Gasteiger partial charge on any atom is -0.353 e. The second kappa shape index (κ2) is 7.95. The first kappa shape index (κ1) is 16.5. The molecule has 0 amide bonds. The maximum atomic E-state index is 5.85. The molecule has 20 heavy (non-hydrogen) atoms. The highest BCUT2D eigenvalue weighted by molar-refractivity contribution is 14.1. The van der Waals surface area contributed by atoms with Gasteiger partial charge in [-0.05, 0) is 33.1 Å². The van der Waals surface area contributed by atoms with E-state index in [4.69, 9.17) is 18.9 Å². The van der Waals surface area contributed by atoms with Gasteiger partial charge in [-0.1, -0.05) is 34.4 Å². The standard InChI is InChI=1S/C15H23IO4/c1-15(2)19-12(13(11-16)20-15)7-3-5-9-17-14-8-4-6-10-18-14/h12-14H,4,6-11H2,1-2H3/t12-,13-,14?/m1/s1. The summed E-state index contributed by atoms with van der Waals surface area (Å²) in [6, 6.07) is 0. The second-order valence-electron chi connectivity index (χ2n) is 5.53. The fraction of sp³-hybridized carbons (Fsp3) is 0.867. The summed E-state index contributed by atoms with van der Waals surface area (Å²) in [7, 11) is 0. The van der Waals surface area contributed by atoms with E-state index in [1.807, 2.05) is 13.8 Å². The summed E-state index contributed by atoms with van der Waals surface area (Å²) in [5.41, 5.74) is 0. The third-order valence-electron chi connectivity index (χ3n) is 3.34. The number of hydrogen-bond acceptors (Lipinski definition) is 4. The monoisotopic (exact) mass is 394 g/mol. The molecule has 0 aromatic heterocycles. The van der Waals surface area contributed by atoms with Crippen LogP contribution in [-0.2, 0) is 18.9 Å². The third kappa shape index (κ3) is 5.15. The number of halogens is 1. The lowest BCUT2D eigenvalue weighted by atomic mass is 10.2. The third-order valence-corrected chi connectivity index (χ3v) is 4.21. The Balaban J connectivity index is 1.68. The van der Waals surface area contributed by atoms with Gasteiger partial charge in [0.1, 0.15) is 6.61 Å². The lowest BCUT2D eigenvalue weighted by molar-refractivity contribution is -0.154. The topological polar surface area (TPSA) is 36.9 Å². The first-order chi connectivity index (χ1) is 9.61. The van der Waals surface area contributed by atoms with Crippen molar-refractivity contribution >= 4 is 22.6 Å². The number of ether oxygens (including phenoxy) is 4. The average molecular weight is 394 g/mol. The van der Waals surface area contributed by atoms with Gasteiger partial charge in [0.25, 0.3) is 0 Å². The maximum absolute atomic E-state index is 5.85. The number of hydrogen-bond donors (Lipinski definition) is 0. The molecule has 0 spiro atoms. The quantitative estimate of drug-likeness (QED) is 0.418. The highest BCUT2D eigenvalue weighted by Crippen LogP contribution is 2.30. The van der Waals surface area contributed by atoms with Gasteiger partial charge in [-0.15, -0.1) is 0 Å². The van der Waals surface area contributed by atoms with Crippen LogP contribution in [0.1, 0.15) is 39.5 Å². The summed E-state index contributed by atoms with van der Waals surface area (Å²) in [5.74, 6) is 5.68. The van der Waals surface area contributed by atoms with Gasteiger partial charge < -0.3 is 18.9 Å². The van der Waals surface area contributed by atoms with E-state index in [1.54, 1.807) is 0 Å². The van der Waals surface area contributed by atoms with E-state index in [1.165, 1.54) is 6.42 Å². The van der Waals surface area contributed by atoms with Crippen molar-refractivity contribution in [3.63, 3.8) is 0 Å². The van der Waals surface area contributed by atoms with Crippen LogP contribution in [0.15, 0.2) is 0 Å². The molecule has 0 N–H and O–H groups in total. The van der Waals surface area contributed by atoms with Crippen LogP contribution in [0.25, 0.3) is 0 Å². The fourth-order valence-corrected chi connectivity index (χ4v) is 3.16. The minimum absolute atomic E-state index is 0.0559. The highest BCUT2D eigenvalue weighted by Gasteiger charge is 2.39. The molecule has 114 valence electrons. The molecule has 2 aliphatic rings. The highest BCUT2D eigenvalue weighted by atomic mass is 127. The van der Waals surface area contributed by atoms with Crippen molar-refractivity contribution in [2.45, 2.75) is 63.8 Å². The molecule has 0 radical (unpaired) electrons. The van der Waals surface area contributed by atoms with Gasteiger partial charge in [0, 0.05) is 17.5 Å². The van der Waals surface area contributed by atoms with Gasteiger partial charge in [-0.2, -0.15) is 0 Å². The van der Waals surface area contributed by atoms with Crippen molar-refractivity contribution in [3.05, 3.63) is 0 Å². The van der Waals surface area contributed by atoms with Crippen LogP contribution in [0, 0.1) is 11.8 Å². The van der Waals surface area contributed by atoms with Crippen LogP contribution in [0.5, 0.6) is 0 Å². The summed E-state index contributed by atoms with van der Waals surface area (Å²) in [4.78, 5) is 0. The van der Waals surface area contributed by atoms with Crippen molar-refractivity contribution in [2.24, 2.45) is 0 Å². The molecule has 1 unspecified atom stereocenters. The first-order valence-corrected chi connectivity index (χ1v) is 8.74. The Labute approximate surface area is 135 Å². The smallest absolute Gasteiger partial charge is 0.163 e. The summed E-state index contributed by atoms with van der Waals surface area (Å²) in [6.07, 6.45) is 4.10. The van der Waals surface area contributed by atoms with Crippen molar-refractivity contribution < 1.29 is 18.9 Å². The van der Waals surface area contributed by atoms with E-state index in [0.717, 1.165) is 23.9 Å². The van der Waals surface area contributed by atoms with E-state index >= 15 is 0 Å². The molecule has 0 bridgehead atoms. The molecular weight excluding hydrogens is 371 g/mol. The van der Waals surface area contributed by atoms with Gasteiger partial charge in [0.05, 0.1) is 12.2 Å². The zero-order valence-electron chi connectivity index (χ0n) is 12.2. The van der Waals surface area contributed by atoms with Crippen molar-refractivity contribution in [1.29, 1.82) is 0 Å². The van der Waals surface area contributed by atoms with Crippen LogP contribution in [0.2, 0.25) is 0 Å². The zero-order chi connectivity index (χ0) is 14.4. The van der Waals surface area contributed by atoms with E-state index in [2.05, 4.69) is 34.4 Å². The van der Waals surface area contributed by atoms with Gasteiger partial charge >= 0.3 is 0 Å². The second-order valence-corrected chi connectivity index (χ2v) is 6.41. The molecule has 2 heterocycles. The molecule has 2 fully saturated rings. The van der Waals surface area contributed by atoms with Crippen LogP contribution in [0.3, 0.4) is 0 Å². The summed E-state index contributed by atoms with van der Waals surface area (Å²) in [6.45, 7) is 5.13. The molecule has 0 aromatic rings. The Bertz CT molecular complexity index is 355. The Morgan fingerprint density at radius 3 is 2.70 bits per heavy atom. The lowest BCUT2D eigenvalue weighted by Crippen LogP contribution is -2.23. The molecule has 5 heteroatoms. The number of alkyl halides is 1. The summed E-state index contributed by atoms with van der Waals surface area (Å²) in [5, 5.41) is 0. The van der Waals surface area contributed by atoms with E-state index in [-0.39, 0.29) is 18.5 Å². The molecule has 0 aliphatic carbocycles. The largest absolute Gasteiger partial charge is 0.353 e. The molecule has 2 saturated heterocycles. The Morgan fingerprint density at radius 1 is 1.20 bits per heavy atom. The average Bonchev–Trinajstić information content (AvgIpc) is 2.74. The fourth-order valence-electron chi connectivity index (χ4n) is 2.41. The zero-order valence-corrected chi connectivity index (χ0v) is 14.4. The predicted octanol–water partition coefficient (Wildman–Crippen LogP) is 2.88. The van der Waals surface area contributed by atoms with Crippen LogP contribution < -0.4 is 0 Å². The van der Waals surface area contributed by atoms with E-state index < -0.39 is 5.79 Å².